The van der Waals surface area contributed by atoms with Crippen molar-refractivity contribution in [1.82, 2.24) is 4.98 Å². The Morgan fingerprint density at radius 2 is 2.23 bits per heavy atom. The van der Waals surface area contributed by atoms with Crippen LogP contribution < -0.4 is 5.43 Å². The van der Waals surface area contributed by atoms with Gasteiger partial charge in [-0.1, -0.05) is 0 Å². The average molecular weight is 183 g/mol. The molecular formula is C8H9NO4. The first-order valence-corrected chi connectivity index (χ1v) is 3.89. The molecule has 0 atom stereocenters. The molecule has 2 rings (SSSR count). The van der Waals surface area contributed by atoms with Crippen molar-refractivity contribution < 1.29 is 14.6 Å². The molecule has 1 aliphatic heterocycles. The van der Waals surface area contributed by atoms with Crippen LogP contribution in [0, 0.1) is 0 Å². The van der Waals surface area contributed by atoms with E-state index in [1.807, 2.05) is 0 Å². The minimum Gasteiger partial charge on any atom is -0.503 e. The van der Waals surface area contributed by atoms with E-state index < -0.39 is 11.7 Å². The maximum atomic E-state index is 11.0. The molecule has 0 amide bonds. The summed E-state index contributed by atoms with van der Waals surface area (Å²) in [5, 5.41) is 8.94. The van der Waals surface area contributed by atoms with Gasteiger partial charge >= 0.3 is 0 Å². The summed E-state index contributed by atoms with van der Waals surface area (Å²) in [7, 11) is 0. The van der Waals surface area contributed by atoms with Crippen LogP contribution in [0.2, 0.25) is 0 Å². The standard InChI is InChI=1S/C8H9NO4/c1-4-12-8(13-4)5-2-6(10)7(11)3-9-5/h2-4,8,11H,1H3,(H,9,10). The zero-order valence-electron chi connectivity index (χ0n) is 6.98. The van der Waals surface area contributed by atoms with Crippen molar-refractivity contribution in [3.05, 3.63) is 28.2 Å². The van der Waals surface area contributed by atoms with Gasteiger partial charge in [0.15, 0.2) is 12.0 Å². The molecule has 5 heteroatoms. The third-order valence-corrected chi connectivity index (χ3v) is 1.80. The number of hydrogen-bond acceptors (Lipinski definition) is 4. The van der Waals surface area contributed by atoms with Crippen molar-refractivity contribution in [1.29, 1.82) is 0 Å². The molecule has 0 aliphatic carbocycles. The fourth-order valence-corrected chi connectivity index (χ4v) is 1.12. The molecule has 1 aromatic rings. The van der Waals surface area contributed by atoms with Gasteiger partial charge < -0.3 is 19.6 Å². The Kier molecular flexibility index (Phi) is 1.82. The van der Waals surface area contributed by atoms with E-state index in [9.17, 15) is 4.79 Å². The minimum atomic E-state index is -0.511. The maximum Gasteiger partial charge on any atom is 0.223 e. The van der Waals surface area contributed by atoms with Crippen LogP contribution in [0.15, 0.2) is 17.1 Å². The number of ether oxygens (including phenoxy) is 2. The van der Waals surface area contributed by atoms with Crippen LogP contribution in [0.4, 0.5) is 0 Å². The van der Waals surface area contributed by atoms with Gasteiger partial charge in [0.25, 0.3) is 0 Å². The Labute approximate surface area is 73.9 Å². The normalized spacial score (nSPS) is 26.8. The quantitative estimate of drug-likeness (QED) is 0.664. The van der Waals surface area contributed by atoms with Gasteiger partial charge in [-0.3, -0.25) is 4.79 Å². The smallest absolute Gasteiger partial charge is 0.223 e. The van der Waals surface area contributed by atoms with Crippen LogP contribution in [0.1, 0.15) is 18.9 Å². The van der Waals surface area contributed by atoms with E-state index in [2.05, 4.69) is 4.98 Å². The summed E-state index contributed by atoms with van der Waals surface area (Å²) in [6.07, 6.45) is 0.471. The summed E-state index contributed by atoms with van der Waals surface area (Å²) in [6, 6.07) is 1.26. The predicted octanol–water partition coefficient (Wildman–Crippen LogP) is 0.472. The van der Waals surface area contributed by atoms with E-state index in [0.29, 0.717) is 5.69 Å². The molecule has 70 valence electrons. The number of aromatic hydroxyl groups is 1. The number of H-pyrrole nitrogens is 1. The molecule has 1 fully saturated rings. The van der Waals surface area contributed by atoms with Crippen molar-refractivity contribution in [2.75, 3.05) is 0 Å². The van der Waals surface area contributed by atoms with Gasteiger partial charge in [-0.15, -0.1) is 0 Å². The van der Waals surface area contributed by atoms with Crippen LogP contribution in [-0.4, -0.2) is 16.4 Å². The molecule has 0 bridgehead atoms. The maximum absolute atomic E-state index is 11.0. The zero-order valence-corrected chi connectivity index (χ0v) is 6.98. The molecule has 0 radical (unpaired) electrons. The molecule has 0 spiro atoms. The monoisotopic (exact) mass is 183 g/mol. The SMILES string of the molecule is CC1OC(c2cc(=O)c(O)c[nH]2)O1. The lowest BCUT2D eigenvalue weighted by molar-refractivity contribution is -0.384. The fourth-order valence-electron chi connectivity index (χ4n) is 1.12. The van der Waals surface area contributed by atoms with Crippen LogP contribution in [0.3, 0.4) is 0 Å². The number of pyridine rings is 1. The first-order chi connectivity index (χ1) is 6.16. The molecule has 5 nitrogen and oxygen atoms in total. The minimum absolute atomic E-state index is 0.234. The first-order valence-electron chi connectivity index (χ1n) is 3.89. The third kappa shape index (κ3) is 1.43. The lowest BCUT2D eigenvalue weighted by Crippen LogP contribution is -2.32. The van der Waals surface area contributed by atoms with Gasteiger partial charge in [0.1, 0.15) is 0 Å². The van der Waals surface area contributed by atoms with Gasteiger partial charge in [-0.2, -0.15) is 0 Å². The number of hydrogen-bond donors (Lipinski definition) is 2. The Bertz CT molecular complexity index is 367. The summed E-state index contributed by atoms with van der Waals surface area (Å²) in [4.78, 5) is 13.7. The fraction of sp³-hybridized carbons (Fsp3) is 0.375. The topological polar surface area (TPSA) is 71.5 Å². The zero-order chi connectivity index (χ0) is 9.42. The van der Waals surface area contributed by atoms with Gasteiger partial charge in [0.05, 0.1) is 5.69 Å². The molecule has 0 aromatic carbocycles. The highest BCUT2D eigenvalue weighted by molar-refractivity contribution is 5.19. The Morgan fingerprint density at radius 1 is 1.54 bits per heavy atom. The molecule has 1 saturated heterocycles. The molecule has 1 aliphatic rings. The van der Waals surface area contributed by atoms with Crippen molar-refractivity contribution in [2.24, 2.45) is 0 Å². The number of rotatable bonds is 1. The van der Waals surface area contributed by atoms with E-state index in [4.69, 9.17) is 14.6 Å². The van der Waals surface area contributed by atoms with Gasteiger partial charge in [0, 0.05) is 12.3 Å². The molecule has 0 unspecified atom stereocenters. The summed E-state index contributed by atoms with van der Waals surface area (Å²) in [5.74, 6) is -0.309. The van der Waals surface area contributed by atoms with Crippen LogP contribution in [0.25, 0.3) is 0 Å². The second-order valence-electron chi connectivity index (χ2n) is 2.81. The molecular weight excluding hydrogens is 174 g/mol. The van der Waals surface area contributed by atoms with Crippen molar-refractivity contribution >= 4 is 0 Å². The molecule has 0 saturated carbocycles. The van der Waals surface area contributed by atoms with E-state index >= 15 is 0 Å². The van der Waals surface area contributed by atoms with Gasteiger partial charge in [-0.25, -0.2) is 0 Å². The summed E-state index contributed by atoms with van der Waals surface area (Å²) in [6.45, 7) is 1.76. The summed E-state index contributed by atoms with van der Waals surface area (Å²) >= 11 is 0. The highest BCUT2D eigenvalue weighted by Crippen LogP contribution is 2.29. The van der Waals surface area contributed by atoms with Gasteiger partial charge in [0.2, 0.25) is 11.7 Å². The van der Waals surface area contributed by atoms with Crippen molar-refractivity contribution in [2.45, 2.75) is 19.5 Å². The van der Waals surface area contributed by atoms with E-state index in [1.165, 1.54) is 12.3 Å². The third-order valence-electron chi connectivity index (χ3n) is 1.80. The van der Waals surface area contributed by atoms with E-state index in [-0.39, 0.29) is 12.0 Å². The predicted molar refractivity (Wildman–Crippen MR) is 43.1 cm³/mol. The Balaban J connectivity index is 2.23. The number of aromatic amines is 1. The second-order valence-corrected chi connectivity index (χ2v) is 2.81. The summed E-state index contributed by atoms with van der Waals surface area (Å²) in [5.41, 5.74) is 0.0707. The molecule has 2 N–H and O–H groups in total. The van der Waals surface area contributed by atoms with E-state index in [0.717, 1.165) is 0 Å². The van der Waals surface area contributed by atoms with Gasteiger partial charge in [-0.05, 0) is 6.92 Å². The number of aromatic nitrogens is 1. The Hall–Kier alpha value is -1.33. The highest BCUT2D eigenvalue weighted by Gasteiger charge is 2.29. The van der Waals surface area contributed by atoms with Crippen LogP contribution in [-0.2, 0) is 9.47 Å². The molecule has 1 aromatic heterocycles. The highest BCUT2D eigenvalue weighted by atomic mass is 16.9. The lowest BCUT2D eigenvalue weighted by atomic mass is 10.3. The molecule has 2 heterocycles. The van der Waals surface area contributed by atoms with Crippen LogP contribution in [0.5, 0.6) is 5.75 Å². The second kappa shape index (κ2) is 2.86. The summed E-state index contributed by atoms with van der Waals surface area (Å²) < 4.78 is 10.3. The average Bonchev–Trinajstić information content (AvgIpc) is 2.05. The number of nitrogens with one attached hydrogen (secondary N) is 1. The lowest BCUT2D eigenvalue weighted by Gasteiger charge is -2.33. The van der Waals surface area contributed by atoms with Crippen LogP contribution >= 0.6 is 0 Å². The van der Waals surface area contributed by atoms with Crippen molar-refractivity contribution in [3.8, 4) is 5.75 Å². The van der Waals surface area contributed by atoms with Crippen molar-refractivity contribution in [3.63, 3.8) is 0 Å². The molecule has 13 heavy (non-hydrogen) atoms. The first kappa shape index (κ1) is 8.28. The Morgan fingerprint density at radius 3 is 2.77 bits per heavy atom. The van der Waals surface area contributed by atoms with E-state index in [1.54, 1.807) is 6.92 Å². The largest absolute Gasteiger partial charge is 0.503 e.